The molecule has 0 saturated carbocycles. The molecule has 1 fully saturated rings. The van der Waals surface area contributed by atoms with Gasteiger partial charge in [0.05, 0.1) is 5.56 Å². The molecule has 1 aliphatic rings. The van der Waals surface area contributed by atoms with Crippen molar-refractivity contribution in [1.29, 1.82) is 0 Å². The first kappa shape index (κ1) is 11.5. The molecular formula is C17H16N2O. The maximum Gasteiger partial charge on any atom is 0.229 e. The number of benzene rings is 2. The van der Waals surface area contributed by atoms with Crippen molar-refractivity contribution in [1.82, 2.24) is 4.98 Å². The second-order valence-corrected chi connectivity index (χ2v) is 5.20. The molecule has 1 aliphatic heterocycles. The molecule has 3 heteroatoms. The van der Waals surface area contributed by atoms with E-state index in [1.165, 1.54) is 18.5 Å². The van der Waals surface area contributed by atoms with Gasteiger partial charge >= 0.3 is 0 Å². The third-order valence-corrected chi connectivity index (χ3v) is 3.88. The lowest BCUT2D eigenvalue weighted by Crippen LogP contribution is -2.18. The van der Waals surface area contributed by atoms with Crippen molar-refractivity contribution >= 4 is 16.8 Å². The van der Waals surface area contributed by atoms with E-state index in [1.54, 1.807) is 0 Å². The molecule has 2 aromatic carbocycles. The highest BCUT2D eigenvalue weighted by Crippen LogP contribution is 2.33. The van der Waals surface area contributed by atoms with Crippen LogP contribution in [0.15, 0.2) is 52.9 Å². The van der Waals surface area contributed by atoms with Crippen molar-refractivity contribution in [3.8, 4) is 11.5 Å². The van der Waals surface area contributed by atoms with Gasteiger partial charge in [0, 0.05) is 18.8 Å². The van der Waals surface area contributed by atoms with Gasteiger partial charge in [0.15, 0.2) is 5.58 Å². The quantitative estimate of drug-likeness (QED) is 0.698. The lowest BCUT2D eigenvalue weighted by atomic mass is 10.1. The Morgan fingerprint density at radius 3 is 2.50 bits per heavy atom. The van der Waals surface area contributed by atoms with Crippen molar-refractivity contribution in [2.45, 2.75) is 12.8 Å². The van der Waals surface area contributed by atoms with Crippen LogP contribution in [-0.4, -0.2) is 18.1 Å². The molecule has 0 unspecified atom stereocenters. The fourth-order valence-electron chi connectivity index (χ4n) is 2.88. The first-order valence-corrected chi connectivity index (χ1v) is 7.12. The van der Waals surface area contributed by atoms with Crippen LogP contribution < -0.4 is 4.90 Å². The average molecular weight is 264 g/mol. The molecule has 20 heavy (non-hydrogen) atoms. The zero-order valence-corrected chi connectivity index (χ0v) is 11.2. The summed E-state index contributed by atoms with van der Waals surface area (Å²) in [5, 5.41) is 0. The van der Waals surface area contributed by atoms with Crippen LogP contribution in [0.2, 0.25) is 0 Å². The minimum atomic E-state index is 0.716. The number of hydrogen-bond acceptors (Lipinski definition) is 3. The summed E-state index contributed by atoms with van der Waals surface area (Å²) in [6.45, 7) is 2.24. The minimum absolute atomic E-state index is 0.716. The zero-order valence-electron chi connectivity index (χ0n) is 11.2. The third-order valence-electron chi connectivity index (χ3n) is 3.88. The van der Waals surface area contributed by atoms with Crippen LogP contribution in [0.3, 0.4) is 0 Å². The van der Waals surface area contributed by atoms with Crippen molar-refractivity contribution in [2.24, 2.45) is 0 Å². The molecular weight excluding hydrogens is 248 g/mol. The highest BCUT2D eigenvalue weighted by Gasteiger charge is 2.18. The maximum atomic E-state index is 5.92. The Bertz CT molecular complexity index is 708. The molecule has 0 bridgehead atoms. The molecule has 2 heterocycles. The predicted molar refractivity (Wildman–Crippen MR) is 80.9 cm³/mol. The summed E-state index contributed by atoms with van der Waals surface area (Å²) in [7, 11) is 0. The molecule has 0 spiro atoms. The SMILES string of the molecule is c1ccc(N2CCCC2)c(-c2nc3ccccc3o2)c1. The van der Waals surface area contributed by atoms with E-state index in [-0.39, 0.29) is 0 Å². The van der Waals surface area contributed by atoms with Gasteiger partial charge in [-0.15, -0.1) is 0 Å². The second kappa shape index (κ2) is 4.67. The normalized spacial score (nSPS) is 15.1. The van der Waals surface area contributed by atoms with Crippen molar-refractivity contribution in [3.05, 3.63) is 48.5 Å². The predicted octanol–water partition coefficient (Wildman–Crippen LogP) is 4.10. The van der Waals surface area contributed by atoms with Gasteiger partial charge in [-0.05, 0) is 37.1 Å². The number of para-hydroxylation sites is 3. The summed E-state index contributed by atoms with van der Waals surface area (Å²) in [4.78, 5) is 7.04. The molecule has 0 radical (unpaired) electrons. The zero-order chi connectivity index (χ0) is 13.4. The van der Waals surface area contributed by atoms with Gasteiger partial charge in [-0.1, -0.05) is 24.3 Å². The van der Waals surface area contributed by atoms with E-state index >= 15 is 0 Å². The summed E-state index contributed by atoms with van der Waals surface area (Å²) in [5.41, 5.74) is 4.08. The fourth-order valence-corrected chi connectivity index (χ4v) is 2.88. The van der Waals surface area contributed by atoms with Crippen LogP contribution in [0.25, 0.3) is 22.6 Å². The summed E-state index contributed by atoms with van der Waals surface area (Å²) < 4.78 is 5.92. The number of oxazole rings is 1. The van der Waals surface area contributed by atoms with Crippen LogP contribution in [0.5, 0.6) is 0 Å². The largest absolute Gasteiger partial charge is 0.436 e. The summed E-state index contributed by atoms with van der Waals surface area (Å²) in [6, 6.07) is 16.3. The van der Waals surface area contributed by atoms with Gasteiger partial charge in [0.2, 0.25) is 5.89 Å². The molecule has 0 N–H and O–H groups in total. The number of hydrogen-bond donors (Lipinski definition) is 0. The molecule has 0 atom stereocenters. The number of rotatable bonds is 2. The minimum Gasteiger partial charge on any atom is -0.436 e. The Morgan fingerprint density at radius 2 is 1.65 bits per heavy atom. The van der Waals surface area contributed by atoms with Gasteiger partial charge in [-0.25, -0.2) is 4.98 Å². The lowest BCUT2D eigenvalue weighted by molar-refractivity contribution is 0.619. The number of fused-ring (bicyclic) bond motifs is 1. The highest BCUT2D eigenvalue weighted by atomic mass is 16.3. The van der Waals surface area contributed by atoms with E-state index < -0.39 is 0 Å². The fraction of sp³-hybridized carbons (Fsp3) is 0.235. The number of aromatic nitrogens is 1. The molecule has 100 valence electrons. The molecule has 3 nitrogen and oxygen atoms in total. The Balaban J connectivity index is 1.84. The Hall–Kier alpha value is -2.29. The smallest absolute Gasteiger partial charge is 0.229 e. The van der Waals surface area contributed by atoms with Crippen LogP contribution in [-0.2, 0) is 0 Å². The van der Waals surface area contributed by atoms with Crippen LogP contribution in [0.1, 0.15) is 12.8 Å². The van der Waals surface area contributed by atoms with E-state index in [4.69, 9.17) is 4.42 Å². The number of nitrogens with zero attached hydrogens (tertiary/aromatic N) is 2. The lowest BCUT2D eigenvalue weighted by Gasteiger charge is -2.19. The summed E-state index contributed by atoms with van der Waals surface area (Å²) in [5.74, 6) is 0.716. The van der Waals surface area contributed by atoms with E-state index in [2.05, 4.69) is 28.1 Å². The highest BCUT2D eigenvalue weighted by molar-refractivity contribution is 5.80. The average Bonchev–Trinajstić information content (AvgIpc) is 3.16. The van der Waals surface area contributed by atoms with Gasteiger partial charge in [-0.2, -0.15) is 0 Å². The van der Waals surface area contributed by atoms with Crippen molar-refractivity contribution in [2.75, 3.05) is 18.0 Å². The monoisotopic (exact) mass is 264 g/mol. The molecule has 0 aliphatic carbocycles. The first-order valence-electron chi connectivity index (χ1n) is 7.12. The van der Waals surface area contributed by atoms with Gasteiger partial charge in [-0.3, -0.25) is 0 Å². The van der Waals surface area contributed by atoms with Gasteiger partial charge in [0.25, 0.3) is 0 Å². The maximum absolute atomic E-state index is 5.92. The molecule has 3 aromatic rings. The second-order valence-electron chi connectivity index (χ2n) is 5.20. The van der Waals surface area contributed by atoms with Crippen molar-refractivity contribution in [3.63, 3.8) is 0 Å². The van der Waals surface area contributed by atoms with Crippen LogP contribution >= 0.6 is 0 Å². The third kappa shape index (κ3) is 1.86. The molecule has 1 saturated heterocycles. The van der Waals surface area contributed by atoms with Crippen LogP contribution in [0, 0.1) is 0 Å². The Labute approximate surface area is 117 Å². The first-order chi connectivity index (χ1) is 9.92. The Morgan fingerprint density at radius 1 is 0.900 bits per heavy atom. The molecule has 0 amide bonds. The summed E-state index contributed by atoms with van der Waals surface area (Å²) >= 11 is 0. The van der Waals surface area contributed by atoms with E-state index in [0.717, 1.165) is 29.8 Å². The van der Waals surface area contributed by atoms with E-state index in [9.17, 15) is 0 Å². The topological polar surface area (TPSA) is 29.3 Å². The molecule has 1 aromatic heterocycles. The van der Waals surface area contributed by atoms with Crippen molar-refractivity contribution < 1.29 is 4.42 Å². The van der Waals surface area contributed by atoms with E-state index in [1.807, 2.05) is 30.3 Å². The van der Waals surface area contributed by atoms with Crippen LogP contribution in [0.4, 0.5) is 5.69 Å². The van der Waals surface area contributed by atoms with Gasteiger partial charge in [0.1, 0.15) is 5.52 Å². The standard InChI is InChI=1S/C17H16N2O/c1-3-9-15(19-11-5-6-12-19)13(7-1)17-18-14-8-2-4-10-16(14)20-17/h1-4,7-10H,5-6,11-12H2. The van der Waals surface area contributed by atoms with E-state index in [0.29, 0.717) is 5.89 Å². The molecule has 4 rings (SSSR count). The number of anilines is 1. The Kier molecular flexibility index (Phi) is 2.69. The van der Waals surface area contributed by atoms with Gasteiger partial charge < -0.3 is 9.32 Å². The summed E-state index contributed by atoms with van der Waals surface area (Å²) in [6.07, 6.45) is 2.53.